The summed E-state index contributed by atoms with van der Waals surface area (Å²) >= 11 is 0. The Kier molecular flexibility index (Phi) is 4.25. The van der Waals surface area contributed by atoms with E-state index in [-0.39, 0.29) is 17.4 Å². The summed E-state index contributed by atoms with van der Waals surface area (Å²) in [5.41, 5.74) is -1.21. The van der Waals surface area contributed by atoms with E-state index in [1.165, 1.54) is 6.07 Å². The summed E-state index contributed by atoms with van der Waals surface area (Å²) in [6, 6.07) is 2.38. The normalized spacial score (nSPS) is 16.6. The van der Waals surface area contributed by atoms with Gasteiger partial charge in [-0.1, -0.05) is 33.6 Å². The van der Waals surface area contributed by atoms with E-state index in [9.17, 15) is 18.0 Å². The average Bonchev–Trinajstić information content (AvgIpc) is 3.12. The number of carbonyl (C=O) groups is 1. The van der Waals surface area contributed by atoms with Crippen LogP contribution in [0.1, 0.15) is 68.3 Å². The number of nitrogens with zero attached hydrogens (tertiary/aromatic N) is 3. The van der Waals surface area contributed by atoms with Gasteiger partial charge in [0.2, 0.25) is 0 Å². The van der Waals surface area contributed by atoms with Crippen molar-refractivity contribution in [3.8, 4) is 0 Å². The Morgan fingerprint density at radius 2 is 1.84 bits per heavy atom. The van der Waals surface area contributed by atoms with E-state index in [0.29, 0.717) is 10.2 Å². The van der Waals surface area contributed by atoms with Gasteiger partial charge in [-0.05, 0) is 18.9 Å². The first-order chi connectivity index (χ1) is 11.6. The van der Waals surface area contributed by atoms with Crippen molar-refractivity contribution in [1.82, 2.24) is 19.9 Å². The molecule has 2 aromatic rings. The average molecular weight is 354 g/mol. The van der Waals surface area contributed by atoms with E-state index >= 15 is 0 Å². The van der Waals surface area contributed by atoms with Crippen LogP contribution in [0, 0.1) is 0 Å². The molecule has 0 unspecified atom stereocenters. The Morgan fingerprint density at radius 3 is 2.40 bits per heavy atom. The molecule has 25 heavy (non-hydrogen) atoms. The highest BCUT2D eigenvalue weighted by Crippen LogP contribution is 2.32. The summed E-state index contributed by atoms with van der Waals surface area (Å²) in [4.78, 5) is 16.6. The van der Waals surface area contributed by atoms with Gasteiger partial charge in [-0.3, -0.25) is 4.79 Å². The third-order valence-electron chi connectivity index (χ3n) is 4.41. The van der Waals surface area contributed by atoms with Crippen LogP contribution in [0.5, 0.6) is 0 Å². The van der Waals surface area contributed by atoms with E-state index in [0.717, 1.165) is 31.7 Å². The molecule has 1 N–H and O–H groups in total. The molecule has 0 radical (unpaired) electrons. The topological polar surface area (TPSA) is 59.3 Å². The Hall–Kier alpha value is -2.12. The molecule has 0 saturated heterocycles. The van der Waals surface area contributed by atoms with Crippen LogP contribution < -0.4 is 5.32 Å². The Balaban J connectivity index is 2.04. The molecule has 136 valence electrons. The summed E-state index contributed by atoms with van der Waals surface area (Å²) in [5.74, 6) is -0.456. The van der Waals surface area contributed by atoms with Crippen molar-refractivity contribution in [3.63, 3.8) is 0 Å². The van der Waals surface area contributed by atoms with E-state index in [4.69, 9.17) is 0 Å². The maximum Gasteiger partial charge on any atom is 0.433 e. The van der Waals surface area contributed by atoms with Gasteiger partial charge in [-0.25, -0.2) is 9.50 Å². The van der Waals surface area contributed by atoms with Crippen molar-refractivity contribution in [2.45, 2.75) is 64.1 Å². The van der Waals surface area contributed by atoms with Crippen molar-refractivity contribution >= 4 is 11.6 Å². The highest BCUT2D eigenvalue weighted by Gasteiger charge is 2.36. The minimum atomic E-state index is -4.59. The van der Waals surface area contributed by atoms with Crippen LogP contribution in [0.4, 0.5) is 13.2 Å². The van der Waals surface area contributed by atoms with E-state index in [1.807, 2.05) is 0 Å². The lowest BCUT2D eigenvalue weighted by atomic mass is 9.91. The SMILES string of the molecule is CC(C)(C)c1cc(C(F)(F)F)n2nc(C(=O)NC3CCCC3)cc2n1. The first-order valence-corrected chi connectivity index (χ1v) is 8.35. The lowest BCUT2D eigenvalue weighted by Crippen LogP contribution is -2.32. The Morgan fingerprint density at radius 1 is 1.20 bits per heavy atom. The fourth-order valence-corrected chi connectivity index (χ4v) is 3.00. The Bertz CT molecular complexity index is 799. The van der Waals surface area contributed by atoms with E-state index in [1.54, 1.807) is 20.8 Å². The fraction of sp³-hybridized carbons (Fsp3) is 0.588. The van der Waals surface area contributed by atoms with Crippen molar-refractivity contribution in [1.29, 1.82) is 0 Å². The second-order valence-electron chi connectivity index (χ2n) is 7.53. The van der Waals surface area contributed by atoms with Crippen molar-refractivity contribution in [2.75, 3.05) is 0 Å². The number of halogens is 3. The predicted octanol–water partition coefficient (Wildman–Crippen LogP) is 3.72. The lowest BCUT2D eigenvalue weighted by Gasteiger charge is -2.19. The standard InChI is InChI=1S/C17H21F3N4O/c1-16(2,3)12-9-13(17(18,19)20)24-14(22-12)8-11(23-24)15(25)21-10-6-4-5-7-10/h8-10H,4-7H2,1-3H3,(H,21,25). The molecular formula is C17H21F3N4O. The molecular weight excluding hydrogens is 333 g/mol. The molecule has 0 atom stereocenters. The lowest BCUT2D eigenvalue weighted by molar-refractivity contribution is -0.142. The van der Waals surface area contributed by atoms with Crippen LogP contribution in [0.2, 0.25) is 0 Å². The minimum absolute atomic E-state index is 0.0244. The summed E-state index contributed by atoms with van der Waals surface area (Å²) < 4.78 is 41.0. The number of alkyl halides is 3. The zero-order valence-electron chi connectivity index (χ0n) is 14.4. The first-order valence-electron chi connectivity index (χ1n) is 8.35. The largest absolute Gasteiger partial charge is 0.433 e. The molecule has 5 nitrogen and oxygen atoms in total. The zero-order chi connectivity index (χ0) is 18.4. The van der Waals surface area contributed by atoms with Gasteiger partial charge in [0.05, 0.1) is 5.69 Å². The van der Waals surface area contributed by atoms with Crippen LogP contribution in [-0.4, -0.2) is 26.5 Å². The Labute approximate surface area is 143 Å². The van der Waals surface area contributed by atoms with E-state index in [2.05, 4.69) is 15.4 Å². The summed E-state index contributed by atoms with van der Waals surface area (Å²) in [6.45, 7) is 5.36. The number of aromatic nitrogens is 3. The number of fused-ring (bicyclic) bond motifs is 1. The molecule has 1 fully saturated rings. The first kappa shape index (κ1) is 17.7. The molecule has 0 aliphatic heterocycles. The third-order valence-corrected chi connectivity index (χ3v) is 4.41. The number of hydrogen-bond donors (Lipinski definition) is 1. The summed E-state index contributed by atoms with van der Waals surface area (Å²) in [7, 11) is 0. The second-order valence-corrected chi connectivity index (χ2v) is 7.53. The quantitative estimate of drug-likeness (QED) is 0.894. The number of rotatable bonds is 2. The fourth-order valence-electron chi connectivity index (χ4n) is 3.00. The van der Waals surface area contributed by atoms with Crippen LogP contribution in [-0.2, 0) is 11.6 Å². The van der Waals surface area contributed by atoms with Gasteiger partial charge in [0.15, 0.2) is 11.3 Å². The predicted molar refractivity (Wildman–Crippen MR) is 86.4 cm³/mol. The molecule has 2 aromatic heterocycles. The number of nitrogens with one attached hydrogen (secondary N) is 1. The third kappa shape index (κ3) is 3.62. The van der Waals surface area contributed by atoms with Gasteiger partial charge < -0.3 is 5.32 Å². The van der Waals surface area contributed by atoms with Gasteiger partial charge >= 0.3 is 6.18 Å². The van der Waals surface area contributed by atoms with E-state index < -0.39 is 23.2 Å². The molecule has 1 aliphatic rings. The molecule has 0 aromatic carbocycles. The van der Waals surface area contributed by atoms with Crippen molar-refractivity contribution in [3.05, 3.63) is 29.2 Å². The highest BCUT2D eigenvalue weighted by molar-refractivity contribution is 5.93. The molecule has 0 spiro atoms. The van der Waals surface area contributed by atoms with Crippen LogP contribution in [0.25, 0.3) is 5.65 Å². The molecule has 1 amide bonds. The smallest absolute Gasteiger partial charge is 0.348 e. The summed E-state index contributed by atoms with van der Waals surface area (Å²) in [5, 5.41) is 6.70. The maximum absolute atomic E-state index is 13.4. The van der Waals surface area contributed by atoms with Crippen LogP contribution >= 0.6 is 0 Å². The van der Waals surface area contributed by atoms with Crippen LogP contribution in [0.15, 0.2) is 12.1 Å². The molecule has 8 heteroatoms. The number of amides is 1. The molecule has 2 heterocycles. The van der Waals surface area contributed by atoms with Gasteiger partial charge in [-0.15, -0.1) is 0 Å². The van der Waals surface area contributed by atoms with Gasteiger partial charge in [0.1, 0.15) is 5.69 Å². The molecule has 3 rings (SSSR count). The van der Waals surface area contributed by atoms with Gasteiger partial charge in [0, 0.05) is 17.5 Å². The summed E-state index contributed by atoms with van der Waals surface area (Å²) in [6.07, 6.45) is -0.721. The zero-order valence-corrected chi connectivity index (χ0v) is 14.4. The van der Waals surface area contributed by atoms with Crippen molar-refractivity contribution < 1.29 is 18.0 Å². The van der Waals surface area contributed by atoms with Crippen molar-refractivity contribution in [2.24, 2.45) is 0 Å². The molecule has 1 saturated carbocycles. The maximum atomic E-state index is 13.4. The monoisotopic (exact) mass is 354 g/mol. The highest BCUT2D eigenvalue weighted by atomic mass is 19.4. The number of carbonyl (C=O) groups excluding carboxylic acids is 1. The molecule has 1 aliphatic carbocycles. The number of hydrogen-bond acceptors (Lipinski definition) is 3. The van der Waals surface area contributed by atoms with Gasteiger partial charge in [0.25, 0.3) is 5.91 Å². The minimum Gasteiger partial charge on any atom is -0.348 e. The molecule has 0 bridgehead atoms. The van der Waals surface area contributed by atoms with Crippen LogP contribution in [0.3, 0.4) is 0 Å². The van der Waals surface area contributed by atoms with Gasteiger partial charge in [-0.2, -0.15) is 18.3 Å². The second kappa shape index (κ2) is 6.00.